The fourth-order valence-electron chi connectivity index (χ4n) is 0.498. The molecule has 0 N–H and O–H groups in total. The lowest BCUT2D eigenvalue weighted by atomic mass is 10.3. The van der Waals surface area contributed by atoms with Crippen LogP contribution in [0.3, 0.4) is 0 Å². The van der Waals surface area contributed by atoms with Crippen LogP contribution in [0, 0.1) is 0 Å². The lowest BCUT2D eigenvalue weighted by Crippen LogP contribution is -2.27. The van der Waals surface area contributed by atoms with E-state index in [-0.39, 0.29) is 11.5 Å². The van der Waals surface area contributed by atoms with E-state index >= 15 is 0 Å². The van der Waals surface area contributed by atoms with Gasteiger partial charge in [-0.3, -0.25) is 4.79 Å². The Labute approximate surface area is 71.5 Å². The first-order chi connectivity index (χ1) is 4.89. The van der Waals surface area contributed by atoms with Crippen molar-refractivity contribution >= 4 is 27.4 Å². The molecule has 0 heterocycles. The highest BCUT2D eigenvalue weighted by atomic mass is 32.2. The molecule has 0 aromatic rings. The molecular formula is C6H12O3S2. The second-order valence-electron chi connectivity index (χ2n) is 2.37. The Balaban J connectivity index is 4.27. The van der Waals surface area contributed by atoms with Gasteiger partial charge in [-0.05, 0) is 13.2 Å². The maximum Gasteiger partial charge on any atom is 0.160 e. The van der Waals surface area contributed by atoms with Crippen LogP contribution in [0.2, 0.25) is 0 Å². The molecule has 1 atom stereocenters. The van der Waals surface area contributed by atoms with E-state index in [0.29, 0.717) is 0 Å². The number of hydrogen-bond acceptors (Lipinski definition) is 4. The molecule has 0 aliphatic heterocycles. The third kappa shape index (κ3) is 3.76. The number of carbonyl (C=O) groups excluding carboxylic acids is 1. The number of rotatable bonds is 4. The van der Waals surface area contributed by atoms with Crippen molar-refractivity contribution in [3.05, 3.63) is 0 Å². The van der Waals surface area contributed by atoms with E-state index in [4.69, 9.17) is 0 Å². The predicted octanol–water partition coefficient (Wildman–Crippen LogP) is 0.352. The van der Waals surface area contributed by atoms with Gasteiger partial charge in [0.2, 0.25) is 0 Å². The predicted molar refractivity (Wildman–Crippen MR) is 47.7 cm³/mol. The van der Waals surface area contributed by atoms with Gasteiger partial charge in [-0.25, -0.2) is 8.42 Å². The fourth-order valence-corrected chi connectivity index (χ4v) is 1.70. The molecule has 5 heteroatoms. The van der Waals surface area contributed by atoms with Gasteiger partial charge in [-0.1, -0.05) is 0 Å². The summed E-state index contributed by atoms with van der Waals surface area (Å²) >= 11 is 1.34. The van der Waals surface area contributed by atoms with Crippen molar-refractivity contribution in [2.75, 3.05) is 18.3 Å². The van der Waals surface area contributed by atoms with Crippen molar-refractivity contribution in [2.24, 2.45) is 0 Å². The van der Waals surface area contributed by atoms with Crippen LogP contribution in [0.1, 0.15) is 6.92 Å². The van der Waals surface area contributed by atoms with Crippen LogP contribution in [-0.2, 0) is 14.6 Å². The van der Waals surface area contributed by atoms with Gasteiger partial charge in [-0.15, -0.1) is 0 Å². The van der Waals surface area contributed by atoms with Crippen LogP contribution in [0.4, 0.5) is 0 Å². The summed E-state index contributed by atoms with van der Waals surface area (Å²) in [4.78, 5) is 11.0. The van der Waals surface area contributed by atoms with Crippen molar-refractivity contribution in [3.63, 3.8) is 0 Å². The van der Waals surface area contributed by atoms with Crippen molar-refractivity contribution in [3.8, 4) is 0 Å². The summed E-state index contributed by atoms with van der Waals surface area (Å²) in [6, 6.07) is 0. The summed E-state index contributed by atoms with van der Waals surface area (Å²) in [5, 5.41) is -0.852. The minimum Gasteiger partial charge on any atom is -0.297 e. The summed E-state index contributed by atoms with van der Waals surface area (Å²) < 4.78 is 21.6. The topological polar surface area (TPSA) is 51.2 Å². The molecule has 1 unspecified atom stereocenters. The summed E-state index contributed by atoms with van der Waals surface area (Å²) in [7, 11) is -3.19. The zero-order valence-electron chi connectivity index (χ0n) is 6.83. The third-order valence-corrected chi connectivity index (χ3v) is 3.50. The van der Waals surface area contributed by atoms with E-state index in [1.807, 2.05) is 0 Å². The Hall–Kier alpha value is -0.0300. The molecule has 0 amide bonds. The van der Waals surface area contributed by atoms with Gasteiger partial charge in [0, 0.05) is 6.26 Å². The Kier molecular flexibility index (Phi) is 4.10. The Morgan fingerprint density at radius 1 is 1.55 bits per heavy atom. The van der Waals surface area contributed by atoms with Gasteiger partial charge in [0.25, 0.3) is 0 Å². The minimum absolute atomic E-state index is 0.222. The van der Waals surface area contributed by atoms with E-state index in [0.717, 1.165) is 6.26 Å². The summed E-state index contributed by atoms with van der Waals surface area (Å²) in [5.74, 6) is 0.0498. The third-order valence-electron chi connectivity index (χ3n) is 1.38. The molecule has 0 aromatic heterocycles. The fraction of sp³-hybridized carbons (Fsp3) is 0.833. The number of sulfone groups is 1. The number of Topliss-reactive ketones (excluding diaryl/α,β-unsaturated/α-hetero) is 1. The molecule has 0 saturated carbocycles. The molecule has 0 aromatic carbocycles. The van der Waals surface area contributed by atoms with Crippen LogP contribution in [0.5, 0.6) is 0 Å². The monoisotopic (exact) mass is 196 g/mol. The quantitative estimate of drug-likeness (QED) is 0.651. The van der Waals surface area contributed by atoms with Crippen molar-refractivity contribution in [2.45, 2.75) is 12.2 Å². The van der Waals surface area contributed by atoms with E-state index in [1.165, 1.54) is 18.7 Å². The van der Waals surface area contributed by atoms with Gasteiger partial charge in [0.1, 0.15) is 5.25 Å². The van der Waals surface area contributed by atoms with Gasteiger partial charge in [0.05, 0.1) is 5.75 Å². The van der Waals surface area contributed by atoms with Crippen LogP contribution >= 0.6 is 11.8 Å². The van der Waals surface area contributed by atoms with E-state index in [1.54, 1.807) is 6.26 Å². The van der Waals surface area contributed by atoms with Crippen LogP contribution < -0.4 is 0 Å². The maximum atomic E-state index is 11.0. The number of carbonyl (C=O) groups is 1. The second kappa shape index (κ2) is 4.11. The summed E-state index contributed by atoms with van der Waals surface area (Å²) in [6.45, 7) is 1.42. The second-order valence-corrected chi connectivity index (χ2v) is 5.60. The molecule has 0 radical (unpaired) electrons. The van der Waals surface area contributed by atoms with Gasteiger partial charge >= 0.3 is 0 Å². The average molecular weight is 196 g/mol. The molecule has 0 rings (SSSR count). The average Bonchev–Trinajstić information content (AvgIpc) is 1.85. The summed E-state index contributed by atoms with van der Waals surface area (Å²) in [5.41, 5.74) is 0. The van der Waals surface area contributed by atoms with Crippen LogP contribution in [0.15, 0.2) is 0 Å². The van der Waals surface area contributed by atoms with Gasteiger partial charge in [0.15, 0.2) is 15.6 Å². The molecule has 0 saturated heterocycles. The highest BCUT2D eigenvalue weighted by molar-refractivity contribution is 7.99. The Morgan fingerprint density at radius 3 is 2.27 bits per heavy atom. The lowest BCUT2D eigenvalue weighted by Gasteiger charge is -2.05. The number of ketones is 1. The van der Waals surface area contributed by atoms with Crippen molar-refractivity contribution < 1.29 is 13.2 Å². The Morgan fingerprint density at radius 2 is 2.00 bits per heavy atom. The first kappa shape index (κ1) is 11.0. The van der Waals surface area contributed by atoms with Crippen LogP contribution in [-0.4, -0.2) is 37.7 Å². The molecule has 0 aliphatic rings. The maximum absolute atomic E-state index is 11.0. The zero-order valence-corrected chi connectivity index (χ0v) is 8.46. The lowest BCUT2D eigenvalue weighted by molar-refractivity contribution is -0.115. The van der Waals surface area contributed by atoms with E-state index in [2.05, 4.69) is 0 Å². The van der Waals surface area contributed by atoms with Crippen molar-refractivity contribution in [1.82, 2.24) is 0 Å². The minimum atomic E-state index is -3.19. The van der Waals surface area contributed by atoms with E-state index in [9.17, 15) is 13.2 Å². The Bertz CT molecular complexity index is 230. The molecule has 3 nitrogen and oxygen atoms in total. The first-order valence-electron chi connectivity index (χ1n) is 3.10. The summed E-state index contributed by atoms with van der Waals surface area (Å²) in [6.07, 6.45) is 2.85. The molecule has 66 valence electrons. The molecule has 0 bridgehead atoms. The van der Waals surface area contributed by atoms with Gasteiger partial charge in [-0.2, -0.15) is 11.8 Å². The largest absolute Gasteiger partial charge is 0.297 e. The van der Waals surface area contributed by atoms with Crippen molar-refractivity contribution in [1.29, 1.82) is 0 Å². The van der Waals surface area contributed by atoms with E-state index < -0.39 is 15.1 Å². The first-order valence-corrected chi connectivity index (χ1v) is 6.45. The molecule has 0 spiro atoms. The SMILES string of the molecule is CSCC(=O)C(C)S(C)(=O)=O. The molecule has 11 heavy (non-hydrogen) atoms. The van der Waals surface area contributed by atoms with Gasteiger partial charge < -0.3 is 0 Å². The smallest absolute Gasteiger partial charge is 0.160 e. The zero-order chi connectivity index (χ0) is 9.07. The number of hydrogen-bond donors (Lipinski definition) is 0. The van der Waals surface area contributed by atoms with Crippen LogP contribution in [0.25, 0.3) is 0 Å². The standard InChI is InChI=1S/C6H12O3S2/c1-5(11(3,8)9)6(7)4-10-2/h5H,4H2,1-3H3. The normalized spacial score (nSPS) is 14.5. The molecule has 0 aliphatic carbocycles. The highest BCUT2D eigenvalue weighted by Gasteiger charge is 2.22. The highest BCUT2D eigenvalue weighted by Crippen LogP contribution is 2.03. The molecular weight excluding hydrogens is 184 g/mol. The number of thioether (sulfide) groups is 1. The molecule has 0 fully saturated rings.